The van der Waals surface area contributed by atoms with E-state index >= 15 is 0 Å². The van der Waals surface area contributed by atoms with Crippen LogP contribution >= 0.6 is 24.0 Å². The first kappa shape index (κ1) is 23.0. The van der Waals surface area contributed by atoms with E-state index in [1.807, 2.05) is 41.3 Å². The van der Waals surface area contributed by atoms with Gasteiger partial charge in [0.15, 0.2) is 0 Å². The Morgan fingerprint density at radius 1 is 1.20 bits per heavy atom. The van der Waals surface area contributed by atoms with Gasteiger partial charge in [-0.2, -0.15) is 0 Å². The van der Waals surface area contributed by atoms with Gasteiger partial charge in [-0.15, -0.1) is 0 Å². The van der Waals surface area contributed by atoms with Crippen molar-refractivity contribution in [3.63, 3.8) is 0 Å². The van der Waals surface area contributed by atoms with Crippen LogP contribution in [0.1, 0.15) is 56.9 Å². The molecule has 1 aromatic carbocycles. The van der Waals surface area contributed by atoms with Crippen LogP contribution < -0.4 is 0 Å². The molecule has 2 aliphatic rings. The summed E-state index contributed by atoms with van der Waals surface area (Å²) in [6.45, 7) is 1.55. The molecule has 2 saturated heterocycles. The fourth-order valence-corrected chi connectivity index (χ4v) is 5.35. The molecule has 2 heterocycles. The number of carbonyl (C=O) groups is 2. The Kier molecular flexibility index (Phi) is 8.90. The van der Waals surface area contributed by atoms with Gasteiger partial charge in [-0.25, -0.2) is 0 Å². The Hall–Kier alpha value is -1.70. The Balaban J connectivity index is 1.41. The topological polar surface area (TPSA) is 60.9 Å². The normalized spacial score (nSPS) is 21.0. The predicted octanol–water partition coefficient (Wildman–Crippen LogP) is 4.21. The number of aliphatic hydroxyl groups excluding tert-OH is 1. The monoisotopic (exact) mass is 446 g/mol. The zero-order valence-corrected chi connectivity index (χ0v) is 18.9. The molecule has 1 aromatic rings. The molecule has 0 radical (unpaired) electrons. The van der Waals surface area contributed by atoms with Gasteiger partial charge in [0.25, 0.3) is 5.91 Å². The molecule has 7 heteroatoms. The zero-order valence-electron chi connectivity index (χ0n) is 17.3. The maximum Gasteiger partial charge on any atom is 0.266 e. The van der Waals surface area contributed by atoms with Gasteiger partial charge in [0, 0.05) is 32.2 Å². The van der Waals surface area contributed by atoms with Crippen LogP contribution in [0.25, 0.3) is 6.08 Å². The largest absolute Gasteiger partial charge is 0.396 e. The van der Waals surface area contributed by atoms with E-state index in [4.69, 9.17) is 12.2 Å². The van der Waals surface area contributed by atoms with Gasteiger partial charge < -0.3 is 10.0 Å². The molecule has 5 nitrogen and oxygen atoms in total. The average Bonchev–Trinajstić information content (AvgIpc) is 3.02. The van der Waals surface area contributed by atoms with Gasteiger partial charge in [-0.05, 0) is 50.2 Å². The first-order valence-electron chi connectivity index (χ1n) is 10.8. The highest BCUT2D eigenvalue weighted by Crippen LogP contribution is 2.32. The van der Waals surface area contributed by atoms with Crippen molar-refractivity contribution in [3.05, 3.63) is 40.8 Å². The number of hydrogen-bond acceptors (Lipinski definition) is 5. The predicted molar refractivity (Wildman–Crippen MR) is 126 cm³/mol. The molecule has 1 N–H and O–H groups in total. The molecule has 0 unspecified atom stereocenters. The van der Waals surface area contributed by atoms with Crippen LogP contribution in [-0.4, -0.2) is 56.8 Å². The number of benzene rings is 1. The second-order valence-electron chi connectivity index (χ2n) is 7.80. The molecule has 2 amide bonds. The van der Waals surface area contributed by atoms with Crippen molar-refractivity contribution in [2.24, 2.45) is 0 Å². The number of rotatable bonds is 9. The molecular weight excluding hydrogens is 416 g/mol. The minimum atomic E-state index is -0.0231. The van der Waals surface area contributed by atoms with E-state index in [-0.39, 0.29) is 24.5 Å². The molecular formula is C23H30N2O3S2. The van der Waals surface area contributed by atoms with Gasteiger partial charge in [-0.3, -0.25) is 14.5 Å². The lowest BCUT2D eigenvalue weighted by atomic mass is 9.99. The Labute approximate surface area is 188 Å². The number of unbranched alkanes of at least 4 members (excludes halogenated alkanes) is 2. The number of piperidine rings is 1. The fourth-order valence-electron chi connectivity index (χ4n) is 4.04. The molecule has 2 fully saturated rings. The van der Waals surface area contributed by atoms with Crippen LogP contribution in [0.3, 0.4) is 0 Å². The molecule has 0 spiro atoms. The molecule has 2 aliphatic heterocycles. The second kappa shape index (κ2) is 11.6. The van der Waals surface area contributed by atoms with Gasteiger partial charge in [0.2, 0.25) is 5.91 Å². The van der Waals surface area contributed by atoms with E-state index in [0.29, 0.717) is 28.6 Å². The molecule has 0 saturated carbocycles. The molecule has 1 atom stereocenters. The summed E-state index contributed by atoms with van der Waals surface area (Å²) in [6.07, 6.45) is 8.82. The third-order valence-electron chi connectivity index (χ3n) is 5.65. The highest BCUT2D eigenvalue weighted by Gasteiger charge is 2.31. The fraction of sp³-hybridized carbons (Fsp3) is 0.522. The summed E-state index contributed by atoms with van der Waals surface area (Å²) in [5, 5.41) is 9.23. The molecule has 0 bridgehead atoms. The maximum atomic E-state index is 12.7. The standard InChI is InChI=1S/C23H30N2O3S2/c26-16-13-19-11-6-8-14-24(19)21(27)12-5-2-7-15-25-22(28)20(30-23(25)29)17-18-9-3-1-4-10-18/h1,3-4,9-10,17,19,26H,2,5-8,11-16H2/b20-17-/t19-/m1/s1. The highest BCUT2D eigenvalue weighted by molar-refractivity contribution is 8.26. The van der Waals surface area contributed by atoms with Crippen LogP contribution in [0.4, 0.5) is 0 Å². The van der Waals surface area contributed by atoms with Crippen LogP contribution in [0, 0.1) is 0 Å². The zero-order chi connectivity index (χ0) is 21.3. The minimum Gasteiger partial charge on any atom is -0.396 e. The van der Waals surface area contributed by atoms with E-state index in [2.05, 4.69) is 0 Å². The van der Waals surface area contributed by atoms with Crippen LogP contribution in [0.15, 0.2) is 35.2 Å². The summed E-state index contributed by atoms with van der Waals surface area (Å²) in [6, 6.07) is 9.98. The number of likely N-dealkylation sites (tertiary alicyclic amines) is 1. The number of nitrogens with zero attached hydrogens (tertiary/aromatic N) is 2. The van der Waals surface area contributed by atoms with E-state index in [1.54, 1.807) is 4.90 Å². The van der Waals surface area contributed by atoms with Crippen molar-refractivity contribution in [2.75, 3.05) is 19.7 Å². The van der Waals surface area contributed by atoms with Gasteiger partial charge >= 0.3 is 0 Å². The van der Waals surface area contributed by atoms with Crippen molar-refractivity contribution >= 4 is 46.2 Å². The van der Waals surface area contributed by atoms with E-state index in [9.17, 15) is 14.7 Å². The van der Waals surface area contributed by atoms with Crippen LogP contribution in [0.5, 0.6) is 0 Å². The summed E-state index contributed by atoms with van der Waals surface area (Å²) >= 11 is 6.76. The minimum absolute atomic E-state index is 0.0231. The lowest BCUT2D eigenvalue weighted by molar-refractivity contribution is -0.135. The van der Waals surface area contributed by atoms with E-state index < -0.39 is 0 Å². The van der Waals surface area contributed by atoms with Gasteiger partial charge in [-0.1, -0.05) is 60.7 Å². The van der Waals surface area contributed by atoms with Gasteiger partial charge in [0.1, 0.15) is 4.32 Å². The van der Waals surface area contributed by atoms with Crippen LogP contribution in [0.2, 0.25) is 0 Å². The summed E-state index contributed by atoms with van der Waals surface area (Å²) in [5.41, 5.74) is 0.994. The van der Waals surface area contributed by atoms with Gasteiger partial charge in [0.05, 0.1) is 4.91 Å². The smallest absolute Gasteiger partial charge is 0.266 e. The first-order chi connectivity index (χ1) is 14.6. The number of amides is 2. The van der Waals surface area contributed by atoms with E-state index in [1.165, 1.54) is 11.8 Å². The molecule has 0 aliphatic carbocycles. The lowest BCUT2D eigenvalue weighted by Gasteiger charge is -2.35. The number of thioether (sulfide) groups is 1. The average molecular weight is 447 g/mol. The molecule has 162 valence electrons. The summed E-state index contributed by atoms with van der Waals surface area (Å²) < 4.78 is 0.610. The molecule has 3 rings (SSSR count). The van der Waals surface area contributed by atoms with Crippen molar-refractivity contribution < 1.29 is 14.7 Å². The third kappa shape index (κ3) is 6.15. The SMILES string of the molecule is O=C1/C(=C/c2ccccc2)SC(=S)N1CCCCCC(=O)N1CCCC[C@@H]1CCO. The molecule has 0 aromatic heterocycles. The molecule has 30 heavy (non-hydrogen) atoms. The van der Waals surface area contributed by atoms with E-state index in [0.717, 1.165) is 50.6 Å². The van der Waals surface area contributed by atoms with Crippen molar-refractivity contribution in [3.8, 4) is 0 Å². The van der Waals surface area contributed by atoms with Crippen molar-refractivity contribution in [1.82, 2.24) is 9.80 Å². The Morgan fingerprint density at radius 2 is 2.00 bits per heavy atom. The Bertz CT molecular complexity index is 780. The van der Waals surface area contributed by atoms with Crippen molar-refractivity contribution in [1.29, 1.82) is 0 Å². The highest BCUT2D eigenvalue weighted by atomic mass is 32.2. The van der Waals surface area contributed by atoms with Crippen molar-refractivity contribution in [2.45, 2.75) is 57.4 Å². The number of carbonyl (C=O) groups excluding carboxylic acids is 2. The quantitative estimate of drug-likeness (QED) is 0.350. The number of hydrogen-bond donors (Lipinski definition) is 1. The third-order valence-corrected chi connectivity index (χ3v) is 7.03. The second-order valence-corrected chi connectivity index (χ2v) is 9.48. The number of thiocarbonyl (C=S) groups is 1. The Morgan fingerprint density at radius 3 is 2.77 bits per heavy atom. The number of aliphatic hydroxyl groups is 1. The maximum absolute atomic E-state index is 12.7. The van der Waals surface area contributed by atoms with Crippen LogP contribution in [-0.2, 0) is 9.59 Å². The summed E-state index contributed by atoms with van der Waals surface area (Å²) in [7, 11) is 0. The first-order valence-corrected chi connectivity index (χ1v) is 12.0. The lowest BCUT2D eigenvalue weighted by Crippen LogP contribution is -2.44. The summed E-state index contributed by atoms with van der Waals surface area (Å²) in [4.78, 5) is 29.6. The summed E-state index contributed by atoms with van der Waals surface area (Å²) in [5.74, 6) is 0.176.